The highest BCUT2D eigenvalue weighted by molar-refractivity contribution is 7.19. The van der Waals surface area contributed by atoms with E-state index in [-0.39, 0.29) is 0 Å². The second-order valence-electron chi connectivity index (χ2n) is 12.4. The van der Waals surface area contributed by atoms with Gasteiger partial charge in [-0.2, -0.15) is 0 Å². The van der Waals surface area contributed by atoms with Crippen LogP contribution in [0.15, 0.2) is 154 Å². The van der Waals surface area contributed by atoms with Crippen molar-refractivity contribution in [2.75, 3.05) is 4.90 Å². The van der Waals surface area contributed by atoms with Crippen LogP contribution in [-0.2, 0) is 0 Å². The number of furan rings is 2. The predicted octanol–water partition coefficient (Wildman–Crippen LogP) is 12.9. The zero-order chi connectivity index (χ0) is 31.3. The Morgan fingerprint density at radius 3 is 1.79 bits per heavy atom. The van der Waals surface area contributed by atoms with E-state index < -0.39 is 0 Å². The number of fused-ring (bicyclic) bond motifs is 9. The second-order valence-corrected chi connectivity index (χ2v) is 13.4. The fraction of sp³-hybridized carbons (Fsp3) is 0. The number of hydrogen-bond donors (Lipinski definition) is 0. The van der Waals surface area contributed by atoms with Crippen molar-refractivity contribution in [3.8, 4) is 32.3 Å². The first-order chi connectivity index (χ1) is 23.8. The van der Waals surface area contributed by atoms with Gasteiger partial charge in [0.25, 0.3) is 0 Å². The Morgan fingerprint density at radius 1 is 0.479 bits per heavy atom. The van der Waals surface area contributed by atoms with Gasteiger partial charge in [0, 0.05) is 67.4 Å². The van der Waals surface area contributed by atoms with E-state index in [0.29, 0.717) is 0 Å². The van der Waals surface area contributed by atoms with Crippen molar-refractivity contribution in [2.24, 2.45) is 0 Å². The molecule has 0 unspecified atom stereocenters. The van der Waals surface area contributed by atoms with Crippen LogP contribution >= 0.6 is 11.3 Å². The molecule has 1 aliphatic carbocycles. The lowest BCUT2D eigenvalue weighted by molar-refractivity contribution is 0.669. The van der Waals surface area contributed by atoms with E-state index >= 15 is 0 Å². The van der Waals surface area contributed by atoms with Gasteiger partial charge >= 0.3 is 0 Å². The summed E-state index contributed by atoms with van der Waals surface area (Å²) >= 11 is 1.77. The average Bonchev–Trinajstić information content (AvgIpc) is 3.89. The van der Waals surface area contributed by atoms with E-state index in [9.17, 15) is 0 Å². The minimum Gasteiger partial charge on any atom is -0.456 e. The Labute approximate surface area is 278 Å². The largest absolute Gasteiger partial charge is 0.456 e. The minimum absolute atomic E-state index is 0.855. The van der Waals surface area contributed by atoms with Gasteiger partial charge in [0.2, 0.25) is 0 Å². The fourth-order valence-corrected chi connectivity index (χ4v) is 8.57. The quantitative estimate of drug-likeness (QED) is 0.194. The molecule has 0 amide bonds. The van der Waals surface area contributed by atoms with Crippen molar-refractivity contribution in [3.05, 3.63) is 146 Å². The highest BCUT2D eigenvalue weighted by atomic mass is 32.1. The number of rotatable bonds is 4. The predicted molar refractivity (Wildman–Crippen MR) is 199 cm³/mol. The molecule has 0 saturated heterocycles. The van der Waals surface area contributed by atoms with Crippen molar-refractivity contribution < 1.29 is 8.83 Å². The number of anilines is 3. The number of aromatic nitrogens is 1. The maximum absolute atomic E-state index is 6.39. The Kier molecular flexibility index (Phi) is 5.23. The monoisotopic (exact) mass is 632 g/mol. The lowest BCUT2D eigenvalue weighted by Gasteiger charge is -2.26. The van der Waals surface area contributed by atoms with Crippen LogP contribution in [0.5, 0.6) is 0 Å². The molecule has 1 aliphatic rings. The van der Waals surface area contributed by atoms with Crippen LogP contribution in [0, 0.1) is 0 Å². The molecule has 0 fully saturated rings. The molecular weight excluding hydrogens is 609 g/mol. The topological polar surface area (TPSA) is 42.4 Å². The summed E-state index contributed by atoms with van der Waals surface area (Å²) in [7, 11) is 0. The second kappa shape index (κ2) is 9.67. The summed E-state index contributed by atoms with van der Waals surface area (Å²) in [5.41, 5.74) is 11.2. The number of hydrogen-bond acceptors (Lipinski definition) is 5. The minimum atomic E-state index is 0.855. The van der Waals surface area contributed by atoms with Gasteiger partial charge in [-0.15, -0.1) is 11.3 Å². The maximum atomic E-state index is 6.39. The normalized spacial score (nSPS) is 12.2. The smallest absolute Gasteiger partial charge is 0.137 e. The third kappa shape index (κ3) is 3.68. The van der Waals surface area contributed by atoms with Crippen molar-refractivity contribution >= 4 is 83.0 Å². The summed E-state index contributed by atoms with van der Waals surface area (Å²) in [5, 5.41) is 7.93. The van der Waals surface area contributed by atoms with Crippen molar-refractivity contribution in [3.63, 3.8) is 0 Å². The summed E-state index contributed by atoms with van der Waals surface area (Å²) in [6.07, 6.45) is 0. The Hall–Kier alpha value is -6.17. The molecule has 0 spiro atoms. The molecule has 224 valence electrons. The number of thiazole rings is 1. The Bertz CT molecular complexity index is 2800. The molecule has 5 heteroatoms. The van der Waals surface area contributed by atoms with E-state index in [1.54, 1.807) is 11.3 Å². The van der Waals surface area contributed by atoms with Gasteiger partial charge in [-0.1, -0.05) is 84.9 Å². The summed E-state index contributed by atoms with van der Waals surface area (Å²) in [4.78, 5) is 8.71. The van der Waals surface area contributed by atoms with Crippen molar-refractivity contribution in [1.82, 2.24) is 4.98 Å². The number of para-hydroxylation sites is 2. The van der Waals surface area contributed by atoms with E-state index in [1.165, 1.54) is 26.8 Å². The van der Waals surface area contributed by atoms with E-state index in [1.807, 2.05) is 30.3 Å². The molecule has 0 aliphatic heterocycles. The lowest BCUT2D eigenvalue weighted by Crippen LogP contribution is -2.10. The van der Waals surface area contributed by atoms with Crippen LogP contribution in [0.2, 0.25) is 0 Å². The zero-order valence-corrected chi connectivity index (χ0v) is 26.3. The van der Waals surface area contributed by atoms with Crippen molar-refractivity contribution in [1.29, 1.82) is 0 Å². The molecule has 0 bridgehead atoms. The number of nitrogens with zero attached hydrogens (tertiary/aromatic N) is 2. The molecule has 3 aromatic heterocycles. The van der Waals surface area contributed by atoms with E-state index in [0.717, 1.165) is 77.2 Å². The van der Waals surface area contributed by atoms with Gasteiger partial charge in [-0.3, -0.25) is 0 Å². The summed E-state index contributed by atoms with van der Waals surface area (Å²) < 4.78 is 12.8. The molecule has 0 atom stereocenters. The van der Waals surface area contributed by atoms with Crippen molar-refractivity contribution in [2.45, 2.75) is 0 Å². The maximum Gasteiger partial charge on any atom is 0.137 e. The third-order valence-electron chi connectivity index (χ3n) is 9.61. The van der Waals surface area contributed by atoms with Gasteiger partial charge < -0.3 is 13.7 Å². The molecule has 0 N–H and O–H groups in total. The number of benzene rings is 7. The summed E-state index contributed by atoms with van der Waals surface area (Å²) in [5.74, 6) is 0. The van der Waals surface area contributed by atoms with Crippen LogP contribution < -0.4 is 4.90 Å². The Balaban J connectivity index is 1.15. The first-order valence-corrected chi connectivity index (χ1v) is 16.8. The standard InChI is InChI=1S/C43H24N2O2S/c1-2-9-25(10-3-1)43-44-41-34-14-8-11-26-21-29(22-35(40(26)34)42(41)48-43)45(27-17-19-32-30-12-4-6-15-36(30)46-38(32)23-27)28-18-20-33-31-13-5-7-16-37(31)47-39(33)24-28/h1-24H. The Morgan fingerprint density at radius 2 is 1.10 bits per heavy atom. The van der Waals surface area contributed by atoms with Gasteiger partial charge in [-0.25, -0.2) is 4.98 Å². The highest BCUT2D eigenvalue weighted by Crippen LogP contribution is 2.53. The SMILES string of the molecule is c1ccc(-c2nc3c(s2)-c2cc(N(c4ccc5c(c4)oc4ccccc45)c4ccc5c(c4)oc4ccccc45)cc4cccc-3c24)cc1. The summed E-state index contributed by atoms with van der Waals surface area (Å²) in [6.45, 7) is 0. The first kappa shape index (κ1) is 26.0. The molecule has 11 rings (SSSR count). The van der Waals surface area contributed by atoms with E-state index in [2.05, 4.69) is 120 Å². The lowest BCUT2D eigenvalue weighted by atomic mass is 10.0. The summed E-state index contributed by atoms with van der Waals surface area (Å²) in [6, 6.07) is 51.1. The average molecular weight is 633 g/mol. The van der Waals surface area contributed by atoms with Crippen LogP contribution in [0.4, 0.5) is 17.1 Å². The zero-order valence-electron chi connectivity index (χ0n) is 25.5. The molecule has 0 saturated carbocycles. The van der Waals surface area contributed by atoms with Gasteiger partial charge in [0.05, 0.1) is 10.6 Å². The van der Waals surface area contributed by atoms with Crippen LogP contribution in [0.3, 0.4) is 0 Å². The molecule has 10 aromatic rings. The molecule has 3 heterocycles. The fourth-order valence-electron chi connectivity index (χ4n) is 7.46. The molecule has 48 heavy (non-hydrogen) atoms. The van der Waals surface area contributed by atoms with Gasteiger partial charge in [0.15, 0.2) is 0 Å². The van der Waals surface area contributed by atoms with Crippen LogP contribution in [-0.4, -0.2) is 4.98 Å². The van der Waals surface area contributed by atoms with E-state index in [4.69, 9.17) is 13.8 Å². The molecule has 4 nitrogen and oxygen atoms in total. The van der Waals surface area contributed by atoms with Gasteiger partial charge in [0.1, 0.15) is 27.3 Å². The molecule has 0 radical (unpaired) electrons. The molecular formula is C43H24N2O2S. The first-order valence-electron chi connectivity index (χ1n) is 16.0. The highest BCUT2D eigenvalue weighted by Gasteiger charge is 2.28. The third-order valence-corrected chi connectivity index (χ3v) is 10.7. The van der Waals surface area contributed by atoms with Crippen LogP contribution in [0.25, 0.3) is 86.9 Å². The molecule has 7 aromatic carbocycles. The van der Waals surface area contributed by atoms with Gasteiger partial charge in [-0.05, 0) is 59.3 Å². The van der Waals surface area contributed by atoms with Crippen LogP contribution in [0.1, 0.15) is 0 Å².